The fourth-order valence-corrected chi connectivity index (χ4v) is 1.14. The van der Waals surface area contributed by atoms with Gasteiger partial charge in [-0.15, -0.1) is 0 Å². The summed E-state index contributed by atoms with van der Waals surface area (Å²) < 4.78 is -2.08. The molecule has 0 fully saturated rings. The largest absolute Gasteiger partial charge is 0.328 e. The van der Waals surface area contributed by atoms with Crippen LogP contribution in [0.4, 0.5) is 0 Å². The minimum absolute atomic E-state index is 0.186. The summed E-state index contributed by atoms with van der Waals surface area (Å²) in [4.78, 5) is 21.7. The van der Waals surface area contributed by atoms with E-state index in [-0.39, 0.29) is 5.03 Å². The second kappa shape index (κ2) is 2.66. The molecule has 11 heavy (non-hydrogen) atoms. The molecule has 1 rings (SSSR count). The first-order chi connectivity index (χ1) is 4.96. The zero-order valence-corrected chi connectivity index (χ0v) is 7.30. The molecule has 0 aromatic carbocycles. The van der Waals surface area contributed by atoms with Crippen LogP contribution in [-0.4, -0.2) is 16.0 Å². The number of rotatable bonds is 0. The number of hydrogen-bond acceptors (Lipinski definition) is 2. The van der Waals surface area contributed by atoms with Gasteiger partial charge in [0.1, 0.15) is 5.03 Å². The molecule has 6 heteroatoms. The Balaban J connectivity index is 3.09. The van der Waals surface area contributed by atoms with E-state index in [4.69, 9.17) is 34.8 Å². The number of hydrogen-bond donors (Lipinski definition) is 1. The molecule has 0 bridgehead atoms. The topological polar surface area (TPSA) is 46.2 Å². The Morgan fingerprint density at radius 1 is 1.36 bits per heavy atom. The molecule has 1 aliphatic rings. The number of carbonyl (C=O) groups is 2. The van der Waals surface area contributed by atoms with E-state index in [1.807, 2.05) is 0 Å². The van der Waals surface area contributed by atoms with E-state index in [1.165, 1.54) is 0 Å². The third-order valence-corrected chi connectivity index (χ3v) is 2.08. The summed E-state index contributed by atoms with van der Waals surface area (Å²) in [5, 5.41) is 1.95. The fraction of sp³-hybridized carbons (Fsp3) is 0.200. The summed E-state index contributed by atoms with van der Waals surface area (Å²) >= 11 is 16.0. The number of Topliss-reactive ketones (excluding diaryl/α,β-unsaturated/α-hetero) is 1. The Morgan fingerprint density at radius 2 is 1.91 bits per heavy atom. The molecule has 0 saturated heterocycles. The first-order valence-corrected chi connectivity index (χ1v) is 3.69. The first kappa shape index (κ1) is 8.84. The van der Waals surface area contributed by atoms with Gasteiger partial charge in [0.2, 0.25) is 5.78 Å². The van der Waals surface area contributed by atoms with Crippen LogP contribution in [0, 0.1) is 0 Å². The highest BCUT2D eigenvalue weighted by molar-refractivity contribution is 6.72. The summed E-state index contributed by atoms with van der Waals surface area (Å²) in [5.74, 6) is -1.58. The highest BCUT2D eigenvalue weighted by Gasteiger charge is 2.45. The van der Waals surface area contributed by atoms with Gasteiger partial charge in [0.15, 0.2) is 0 Å². The highest BCUT2D eigenvalue weighted by Crippen LogP contribution is 2.29. The van der Waals surface area contributed by atoms with Gasteiger partial charge in [-0.05, 0) is 0 Å². The number of nitrogens with one attached hydrogen (secondary N) is 1. The molecular weight excluding hydrogens is 212 g/mol. The molecule has 1 N–H and O–H groups in total. The van der Waals surface area contributed by atoms with Crippen molar-refractivity contribution in [1.29, 1.82) is 0 Å². The molecule has 0 atom stereocenters. The van der Waals surface area contributed by atoms with Gasteiger partial charge in [-0.25, -0.2) is 0 Å². The smallest absolute Gasteiger partial charge is 0.268 e. The summed E-state index contributed by atoms with van der Waals surface area (Å²) in [6, 6.07) is 0. The molecule has 0 spiro atoms. The highest BCUT2D eigenvalue weighted by atomic mass is 35.5. The third-order valence-electron chi connectivity index (χ3n) is 1.12. The lowest BCUT2D eigenvalue weighted by molar-refractivity contribution is -0.127. The maximum Gasteiger partial charge on any atom is 0.268 e. The van der Waals surface area contributed by atoms with Crippen molar-refractivity contribution in [1.82, 2.24) is 5.32 Å². The molecule has 1 aliphatic heterocycles. The predicted octanol–water partition coefficient (Wildman–Crippen LogP) is 0.939. The Labute approximate surface area is 77.3 Å². The Morgan fingerprint density at radius 3 is 2.36 bits per heavy atom. The molecule has 60 valence electrons. The number of allylic oxidation sites excluding steroid dienone is 1. The lowest BCUT2D eigenvalue weighted by Gasteiger charge is -2.19. The molecule has 3 nitrogen and oxygen atoms in total. The van der Waals surface area contributed by atoms with Crippen LogP contribution < -0.4 is 5.32 Å². The molecule has 0 aliphatic carbocycles. The number of halogens is 3. The minimum atomic E-state index is -2.08. The second-order valence-corrected chi connectivity index (χ2v) is 3.60. The van der Waals surface area contributed by atoms with Gasteiger partial charge in [-0.3, -0.25) is 9.59 Å². The summed E-state index contributed by atoms with van der Waals surface area (Å²) in [5.41, 5.74) is 0. The van der Waals surface area contributed by atoms with Crippen LogP contribution in [0.3, 0.4) is 0 Å². The molecule has 0 aromatic heterocycles. The van der Waals surface area contributed by atoms with E-state index >= 15 is 0 Å². The van der Waals surface area contributed by atoms with Crippen molar-refractivity contribution in [3.63, 3.8) is 0 Å². The van der Waals surface area contributed by atoms with Crippen molar-refractivity contribution in [2.45, 2.75) is 4.33 Å². The number of carbonyl (C=O) groups excluding carboxylic acids is 2. The van der Waals surface area contributed by atoms with E-state index in [0.717, 1.165) is 6.20 Å². The van der Waals surface area contributed by atoms with Crippen LogP contribution in [0.2, 0.25) is 0 Å². The maximum atomic E-state index is 10.9. The average Bonchev–Trinajstić information content (AvgIpc) is 1.95. The van der Waals surface area contributed by atoms with Gasteiger partial charge < -0.3 is 5.32 Å². The van der Waals surface area contributed by atoms with E-state index in [0.29, 0.717) is 0 Å². The SMILES string of the molecule is O=C1NC=C(Cl)C(=O)C1(Cl)Cl. The molecule has 1 heterocycles. The van der Waals surface area contributed by atoms with Crippen LogP contribution in [0.15, 0.2) is 11.2 Å². The monoisotopic (exact) mass is 213 g/mol. The average molecular weight is 214 g/mol. The summed E-state index contributed by atoms with van der Waals surface area (Å²) in [7, 11) is 0. The standard InChI is InChI=1S/C5H2Cl3NO2/c6-2-1-9-4(11)5(7,8)3(2)10/h1H,(H,9,11). The zero-order valence-electron chi connectivity index (χ0n) is 5.03. The lowest BCUT2D eigenvalue weighted by Crippen LogP contribution is -2.46. The van der Waals surface area contributed by atoms with Gasteiger partial charge >= 0.3 is 0 Å². The van der Waals surface area contributed by atoms with Crippen molar-refractivity contribution in [2.24, 2.45) is 0 Å². The van der Waals surface area contributed by atoms with E-state index in [1.54, 1.807) is 0 Å². The molecular formula is C5H2Cl3NO2. The first-order valence-electron chi connectivity index (χ1n) is 2.55. The predicted molar refractivity (Wildman–Crippen MR) is 41.5 cm³/mol. The number of amides is 1. The minimum Gasteiger partial charge on any atom is -0.328 e. The van der Waals surface area contributed by atoms with Crippen molar-refractivity contribution >= 4 is 46.5 Å². The Kier molecular flexibility index (Phi) is 2.14. The second-order valence-electron chi connectivity index (χ2n) is 1.87. The van der Waals surface area contributed by atoms with Crippen molar-refractivity contribution in [3.05, 3.63) is 11.2 Å². The maximum absolute atomic E-state index is 10.9. The molecule has 0 unspecified atom stereocenters. The molecule has 0 saturated carbocycles. The van der Waals surface area contributed by atoms with Gasteiger partial charge in [-0.2, -0.15) is 0 Å². The normalized spacial score (nSPS) is 22.6. The molecule has 0 radical (unpaired) electrons. The lowest BCUT2D eigenvalue weighted by atomic mass is 10.2. The quantitative estimate of drug-likeness (QED) is 0.482. The van der Waals surface area contributed by atoms with Crippen molar-refractivity contribution in [3.8, 4) is 0 Å². The van der Waals surface area contributed by atoms with Crippen LogP contribution in [0.1, 0.15) is 0 Å². The third kappa shape index (κ3) is 1.36. The van der Waals surface area contributed by atoms with Gasteiger partial charge in [-0.1, -0.05) is 34.8 Å². The van der Waals surface area contributed by atoms with Crippen LogP contribution in [0.5, 0.6) is 0 Å². The fourth-order valence-electron chi connectivity index (χ4n) is 0.538. The Hall–Kier alpha value is -0.250. The van der Waals surface area contributed by atoms with Crippen LogP contribution in [-0.2, 0) is 9.59 Å². The number of ketones is 1. The van der Waals surface area contributed by atoms with Gasteiger partial charge in [0, 0.05) is 6.20 Å². The van der Waals surface area contributed by atoms with Crippen molar-refractivity contribution < 1.29 is 9.59 Å². The van der Waals surface area contributed by atoms with Gasteiger partial charge in [0.25, 0.3) is 10.2 Å². The van der Waals surface area contributed by atoms with Crippen LogP contribution >= 0.6 is 34.8 Å². The van der Waals surface area contributed by atoms with Crippen LogP contribution in [0.25, 0.3) is 0 Å². The van der Waals surface area contributed by atoms with Gasteiger partial charge in [0.05, 0.1) is 0 Å². The van der Waals surface area contributed by atoms with E-state index in [9.17, 15) is 9.59 Å². The summed E-state index contributed by atoms with van der Waals surface area (Å²) in [6.07, 6.45) is 1.05. The van der Waals surface area contributed by atoms with E-state index < -0.39 is 16.0 Å². The summed E-state index contributed by atoms with van der Waals surface area (Å²) in [6.45, 7) is 0. The zero-order chi connectivity index (χ0) is 8.65. The molecule has 0 aromatic rings. The number of alkyl halides is 2. The van der Waals surface area contributed by atoms with E-state index in [2.05, 4.69) is 5.32 Å². The molecule has 1 amide bonds. The van der Waals surface area contributed by atoms with Crippen molar-refractivity contribution in [2.75, 3.05) is 0 Å². The Bertz CT molecular complexity index is 258.